The van der Waals surface area contributed by atoms with Crippen molar-refractivity contribution in [3.05, 3.63) is 65.2 Å². The summed E-state index contributed by atoms with van der Waals surface area (Å²) in [6.45, 7) is 10.1. The third kappa shape index (κ3) is 6.37. The van der Waals surface area contributed by atoms with Crippen LogP contribution in [0.5, 0.6) is 0 Å². The first-order valence-corrected chi connectivity index (χ1v) is 8.96. The fourth-order valence-electron chi connectivity index (χ4n) is 2.45. The van der Waals surface area contributed by atoms with Crippen LogP contribution in [0.15, 0.2) is 53.6 Å². The molecule has 0 saturated carbocycles. The number of benzene rings is 2. The molecule has 0 fully saturated rings. The van der Waals surface area contributed by atoms with E-state index in [4.69, 9.17) is 0 Å². The van der Waals surface area contributed by atoms with Gasteiger partial charge in [-0.2, -0.15) is 5.10 Å². The van der Waals surface area contributed by atoms with Crippen LogP contribution in [0.4, 0.5) is 5.69 Å². The zero-order chi connectivity index (χ0) is 20.0. The fourth-order valence-corrected chi connectivity index (χ4v) is 2.45. The number of rotatable bonds is 5. The van der Waals surface area contributed by atoms with Crippen molar-refractivity contribution in [2.24, 2.45) is 5.10 Å². The summed E-state index contributed by atoms with van der Waals surface area (Å²) in [6, 6.07) is 15.0. The molecule has 0 aliphatic carbocycles. The van der Waals surface area contributed by atoms with Crippen LogP contribution in [0.3, 0.4) is 0 Å². The molecular weight excluding hydrogens is 338 g/mol. The van der Waals surface area contributed by atoms with Crippen LogP contribution in [-0.4, -0.2) is 17.5 Å². The van der Waals surface area contributed by atoms with Crippen LogP contribution < -0.4 is 10.7 Å². The zero-order valence-electron chi connectivity index (χ0n) is 16.6. The second kappa shape index (κ2) is 8.62. The van der Waals surface area contributed by atoms with Gasteiger partial charge in [0.1, 0.15) is 0 Å². The van der Waals surface area contributed by atoms with Crippen LogP contribution in [0.1, 0.15) is 55.6 Å². The summed E-state index contributed by atoms with van der Waals surface area (Å²) in [7, 11) is 0. The third-order valence-electron chi connectivity index (χ3n) is 4.11. The summed E-state index contributed by atoms with van der Waals surface area (Å²) < 4.78 is 0. The molecule has 0 saturated heterocycles. The summed E-state index contributed by atoms with van der Waals surface area (Å²) in [5.74, 6) is -0.474. The molecule has 0 heterocycles. The molecule has 2 aromatic rings. The Bertz CT molecular complexity index is 829. The smallest absolute Gasteiger partial charge is 0.271 e. The van der Waals surface area contributed by atoms with Crippen LogP contribution in [0.25, 0.3) is 0 Å². The van der Waals surface area contributed by atoms with Gasteiger partial charge in [0.05, 0.1) is 6.42 Å². The summed E-state index contributed by atoms with van der Waals surface area (Å²) in [5, 5.41) is 6.83. The number of nitrogens with one attached hydrogen (secondary N) is 2. The minimum atomic E-state index is -0.297. The second-order valence-corrected chi connectivity index (χ2v) is 7.71. The van der Waals surface area contributed by atoms with Crippen LogP contribution >= 0.6 is 0 Å². The first-order valence-electron chi connectivity index (χ1n) is 8.96. The van der Waals surface area contributed by atoms with Gasteiger partial charge in [-0.15, -0.1) is 0 Å². The van der Waals surface area contributed by atoms with Gasteiger partial charge in [-0.3, -0.25) is 9.59 Å². The number of hydrazone groups is 1. The molecule has 0 aliphatic heterocycles. The number of carbonyl (C=O) groups is 2. The Morgan fingerprint density at radius 2 is 1.56 bits per heavy atom. The van der Waals surface area contributed by atoms with Crippen molar-refractivity contribution in [3.63, 3.8) is 0 Å². The molecule has 142 valence electrons. The lowest BCUT2D eigenvalue weighted by atomic mass is 9.87. The molecule has 2 aromatic carbocycles. The van der Waals surface area contributed by atoms with Crippen molar-refractivity contribution >= 4 is 23.2 Å². The maximum atomic E-state index is 12.2. The number of anilines is 1. The van der Waals surface area contributed by atoms with Gasteiger partial charge in [0.25, 0.3) is 5.91 Å². The van der Waals surface area contributed by atoms with E-state index in [0.29, 0.717) is 11.3 Å². The Morgan fingerprint density at radius 3 is 2.11 bits per heavy atom. The van der Waals surface area contributed by atoms with Gasteiger partial charge in [-0.25, -0.2) is 5.43 Å². The molecule has 27 heavy (non-hydrogen) atoms. The lowest BCUT2D eigenvalue weighted by Gasteiger charge is -2.18. The lowest BCUT2D eigenvalue weighted by Crippen LogP contribution is -2.21. The first kappa shape index (κ1) is 20.4. The number of nitrogens with zero attached hydrogens (tertiary/aromatic N) is 1. The summed E-state index contributed by atoms with van der Waals surface area (Å²) in [4.78, 5) is 24.2. The van der Waals surface area contributed by atoms with Crippen molar-refractivity contribution in [1.82, 2.24) is 5.43 Å². The van der Waals surface area contributed by atoms with Gasteiger partial charge >= 0.3 is 0 Å². The second-order valence-electron chi connectivity index (χ2n) is 7.71. The molecule has 5 heteroatoms. The van der Waals surface area contributed by atoms with E-state index in [1.807, 2.05) is 43.3 Å². The monoisotopic (exact) mass is 365 g/mol. The Kier molecular flexibility index (Phi) is 6.50. The molecule has 0 atom stereocenters. The molecule has 0 aliphatic rings. The minimum Gasteiger partial charge on any atom is -0.326 e. The summed E-state index contributed by atoms with van der Waals surface area (Å²) in [5.41, 5.74) is 6.62. The van der Waals surface area contributed by atoms with E-state index in [2.05, 4.69) is 36.6 Å². The quantitative estimate of drug-likeness (QED) is 0.608. The SMILES string of the molecule is CC(CC(=O)Nc1ccc(C)cc1)=NNC(=O)c1ccc(C(C)(C)C)cc1. The van der Waals surface area contributed by atoms with Crippen molar-refractivity contribution in [2.75, 3.05) is 5.32 Å². The van der Waals surface area contributed by atoms with Gasteiger partial charge in [-0.1, -0.05) is 50.6 Å². The molecule has 2 rings (SSSR count). The van der Waals surface area contributed by atoms with Crippen molar-refractivity contribution in [2.45, 2.75) is 46.5 Å². The zero-order valence-corrected chi connectivity index (χ0v) is 16.6. The average molecular weight is 365 g/mol. The number of hydrogen-bond acceptors (Lipinski definition) is 3. The van der Waals surface area contributed by atoms with E-state index in [9.17, 15) is 9.59 Å². The fraction of sp³-hybridized carbons (Fsp3) is 0.318. The Morgan fingerprint density at radius 1 is 0.963 bits per heavy atom. The molecule has 0 spiro atoms. The van der Waals surface area contributed by atoms with Gasteiger partial charge < -0.3 is 5.32 Å². The topological polar surface area (TPSA) is 70.6 Å². The van der Waals surface area contributed by atoms with Crippen LogP contribution in [-0.2, 0) is 10.2 Å². The predicted octanol–water partition coefficient (Wildman–Crippen LogP) is 4.43. The van der Waals surface area contributed by atoms with E-state index >= 15 is 0 Å². The highest BCUT2D eigenvalue weighted by Gasteiger charge is 2.14. The Labute approximate surface area is 160 Å². The van der Waals surface area contributed by atoms with Crippen molar-refractivity contribution in [3.8, 4) is 0 Å². The minimum absolute atomic E-state index is 0.0363. The maximum absolute atomic E-state index is 12.2. The van der Waals surface area contributed by atoms with Crippen LogP contribution in [0, 0.1) is 6.92 Å². The molecule has 0 radical (unpaired) electrons. The molecular formula is C22H27N3O2. The largest absolute Gasteiger partial charge is 0.326 e. The first-order chi connectivity index (χ1) is 12.6. The van der Waals surface area contributed by atoms with Gasteiger partial charge in [-0.05, 0) is 49.1 Å². The molecule has 0 bridgehead atoms. The molecule has 2 amide bonds. The highest BCUT2D eigenvalue weighted by molar-refractivity contribution is 6.06. The lowest BCUT2D eigenvalue weighted by molar-refractivity contribution is -0.115. The van der Waals surface area contributed by atoms with E-state index in [0.717, 1.165) is 16.8 Å². The molecule has 5 nitrogen and oxygen atoms in total. The van der Waals surface area contributed by atoms with Crippen LogP contribution in [0.2, 0.25) is 0 Å². The number of carbonyl (C=O) groups excluding carboxylic acids is 2. The number of amides is 2. The summed E-state index contributed by atoms with van der Waals surface area (Å²) >= 11 is 0. The van der Waals surface area contributed by atoms with Crippen molar-refractivity contribution < 1.29 is 9.59 Å². The van der Waals surface area contributed by atoms with E-state index < -0.39 is 0 Å². The highest BCUT2D eigenvalue weighted by Crippen LogP contribution is 2.22. The third-order valence-corrected chi connectivity index (χ3v) is 4.11. The van der Waals surface area contributed by atoms with E-state index in [1.54, 1.807) is 19.1 Å². The number of hydrogen-bond donors (Lipinski definition) is 2. The summed E-state index contributed by atoms with van der Waals surface area (Å²) in [6.07, 6.45) is 0.108. The normalized spacial score (nSPS) is 11.8. The van der Waals surface area contributed by atoms with Crippen molar-refractivity contribution in [1.29, 1.82) is 0 Å². The average Bonchev–Trinajstić information content (AvgIpc) is 2.61. The standard InChI is InChI=1S/C22H27N3O2/c1-15-6-12-19(13-7-15)23-20(26)14-16(2)24-25-21(27)17-8-10-18(11-9-17)22(3,4)5/h6-13H,14H2,1-5H3,(H,23,26)(H,25,27). The maximum Gasteiger partial charge on any atom is 0.271 e. The van der Waals surface area contributed by atoms with E-state index in [1.165, 1.54) is 0 Å². The van der Waals surface area contributed by atoms with Gasteiger partial charge in [0, 0.05) is 17.0 Å². The molecule has 0 aromatic heterocycles. The van der Waals surface area contributed by atoms with E-state index in [-0.39, 0.29) is 23.7 Å². The van der Waals surface area contributed by atoms with Gasteiger partial charge in [0.15, 0.2) is 0 Å². The molecule has 0 unspecified atom stereocenters. The van der Waals surface area contributed by atoms with Gasteiger partial charge in [0.2, 0.25) is 5.91 Å². The Hall–Kier alpha value is -2.95. The highest BCUT2D eigenvalue weighted by atomic mass is 16.2. The number of aryl methyl sites for hydroxylation is 1. The predicted molar refractivity (Wildman–Crippen MR) is 110 cm³/mol. The molecule has 2 N–H and O–H groups in total. The Balaban J connectivity index is 1.89.